The molecule has 1 N–H and O–H groups in total. The maximum atomic E-state index is 12.2. The number of nitrogens with zero attached hydrogens (tertiary/aromatic N) is 1. The molecule has 0 bridgehead atoms. The van der Waals surface area contributed by atoms with Crippen LogP contribution in [-0.4, -0.2) is 58.4 Å². The topological polar surface area (TPSA) is 101 Å². The molecule has 2 aliphatic rings. The van der Waals surface area contributed by atoms with Crippen LogP contribution in [-0.2, 0) is 23.9 Å². The molecule has 0 aromatic heterocycles. The van der Waals surface area contributed by atoms with Gasteiger partial charge in [0.15, 0.2) is 0 Å². The van der Waals surface area contributed by atoms with E-state index in [2.05, 4.69) is 0 Å². The lowest BCUT2D eigenvalue weighted by atomic mass is 9.93. The van der Waals surface area contributed by atoms with Crippen LogP contribution in [0.1, 0.15) is 39.0 Å². The van der Waals surface area contributed by atoms with Gasteiger partial charge in [0, 0.05) is 22.7 Å². The summed E-state index contributed by atoms with van der Waals surface area (Å²) >= 11 is 1.38. The highest BCUT2D eigenvalue weighted by atomic mass is 32.2. The van der Waals surface area contributed by atoms with Gasteiger partial charge in [0.1, 0.15) is 6.61 Å². The number of hydrogen-bond acceptors (Lipinski definition) is 6. The number of thioether (sulfide) groups is 1. The van der Waals surface area contributed by atoms with Gasteiger partial charge in [-0.05, 0) is 25.7 Å². The molecule has 25 heavy (non-hydrogen) atoms. The molecule has 8 heteroatoms. The maximum absolute atomic E-state index is 12.2. The van der Waals surface area contributed by atoms with Crippen molar-refractivity contribution in [3.8, 4) is 0 Å². The smallest absolute Gasteiger partial charge is 0.309 e. The van der Waals surface area contributed by atoms with Crippen molar-refractivity contribution in [2.24, 2.45) is 5.92 Å². The quantitative estimate of drug-likeness (QED) is 0.374. The highest BCUT2D eigenvalue weighted by Crippen LogP contribution is 2.32. The predicted octanol–water partition coefficient (Wildman–Crippen LogP) is 1.61. The zero-order valence-electron chi connectivity index (χ0n) is 14.3. The van der Waals surface area contributed by atoms with Crippen LogP contribution in [0.25, 0.3) is 0 Å². The molecule has 138 valence electrons. The first-order valence-electron chi connectivity index (χ1n) is 8.46. The Morgan fingerprint density at radius 1 is 1.20 bits per heavy atom. The van der Waals surface area contributed by atoms with E-state index in [9.17, 15) is 19.2 Å². The molecule has 1 atom stereocenters. The third-order valence-corrected chi connectivity index (χ3v) is 5.49. The van der Waals surface area contributed by atoms with Crippen molar-refractivity contribution in [2.75, 3.05) is 24.7 Å². The normalized spacial score (nSPS) is 18.4. The van der Waals surface area contributed by atoms with Crippen LogP contribution in [0.5, 0.6) is 0 Å². The van der Waals surface area contributed by atoms with Gasteiger partial charge in [-0.15, -0.1) is 0 Å². The fourth-order valence-electron chi connectivity index (χ4n) is 2.87. The Morgan fingerprint density at radius 2 is 1.80 bits per heavy atom. The summed E-state index contributed by atoms with van der Waals surface area (Å²) in [5.41, 5.74) is 1.26. The van der Waals surface area contributed by atoms with E-state index < -0.39 is 11.9 Å². The standard InChI is InChI=1S/C17H23NO6S/c1-11(10-25-9-6-14(19)20)17(23)24-8-7-18-15(21)12-4-2-3-5-13(12)16(18)22/h11H,2-10H2,1H3,(H,19,20). The van der Waals surface area contributed by atoms with E-state index in [1.54, 1.807) is 6.92 Å². The van der Waals surface area contributed by atoms with Crippen molar-refractivity contribution in [2.45, 2.75) is 39.0 Å². The van der Waals surface area contributed by atoms with Gasteiger partial charge in [-0.1, -0.05) is 6.92 Å². The molecular weight excluding hydrogens is 346 g/mol. The Morgan fingerprint density at radius 3 is 2.36 bits per heavy atom. The lowest BCUT2D eigenvalue weighted by Crippen LogP contribution is -2.35. The molecular formula is C17H23NO6S. The fourth-order valence-corrected chi connectivity index (χ4v) is 3.84. The zero-order chi connectivity index (χ0) is 18.4. The van der Waals surface area contributed by atoms with E-state index >= 15 is 0 Å². The van der Waals surface area contributed by atoms with Crippen molar-refractivity contribution in [3.63, 3.8) is 0 Å². The lowest BCUT2D eigenvalue weighted by molar-refractivity contribution is -0.150. The first-order valence-corrected chi connectivity index (χ1v) is 9.61. The van der Waals surface area contributed by atoms with Crippen LogP contribution in [0.3, 0.4) is 0 Å². The van der Waals surface area contributed by atoms with Crippen LogP contribution in [0.2, 0.25) is 0 Å². The number of esters is 1. The van der Waals surface area contributed by atoms with E-state index in [1.807, 2.05) is 0 Å². The number of imide groups is 1. The summed E-state index contributed by atoms with van der Waals surface area (Å²) in [6, 6.07) is 0. The molecule has 1 heterocycles. The summed E-state index contributed by atoms with van der Waals surface area (Å²) in [6.07, 6.45) is 3.22. The van der Waals surface area contributed by atoms with Crippen molar-refractivity contribution in [1.29, 1.82) is 0 Å². The summed E-state index contributed by atoms with van der Waals surface area (Å²) in [6.45, 7) is 1.78. The summed E-state index contributed by atoms with van der Waals surface area (Å²) in [7, 11) is 0. The Hall–Kier alpha value is -1.83. The first-order chi connectivity index (χ1) is 11.9. The monoisotopic (exact) mass is 369 g/mol. The second kappa shape index (κ2) is 9.03. The minimum atomic E-state index is -0.862. The predicted molar refractivity (Wildman–Crippen MR) is 91.9 cm³/mol. The number of ether oxygens (including phenoxy) is 1. The molecule has 2 amide bonds. The average molecular weight is 369 g/mol. The van der Waals surface area contributed by atoms with Crippen molar-refractivity contribution >= 4 is 35.5 Å². The molecule has 1 aliphatic carbocycles. The number of rotatable bonds is 9. The summed E-state index contributed by atoms with van der Waals surface area (Å²) in [4.78, 5) is 48.0. The minimum Gasteiger partial charge on any atom is -0.481 e. The van der Waals surface area contributed by atoms with E-state index in [-0.39, 0.29) is 37.3 Å². The maximum Gasteiger partial charge on any atom is 0.309 e. The summed E-state index contributed by atoms with van der Waals surface area (Å²) in [5.74, 6) is -1.19. The van der Waals surface area contributed by atoms with Gasteiger partial charge in [0.2, 0.25) is 0 Å². The van der Waals surface area contributed by atoms with E-state index in [0.29, 0.717) is 35.5 Å². The lowest BCUT2D eigenvalue weighted by Gasteiger charge is -2.16. The third-order valence-electron chi connectivity index (χ3n) is 4.26. The fraction of sp³-hybridized carbons (Fsp3) is 0.647. The summed E-state index contributed by atoms with van der Waals surface area (Å²) in [5, 5.41) is 8.56. The molecule has 7 nitrogen and oxygen atoms in total. The molecule has 0 fully saturated rings. The first kappa shape index (κ1) is 19.5. The number of carbonyl (C=O) groups excluding carboxylic acids is 3. The molecule has 0 aromatic carbocycles. The average Bonchev–Trinajstić information content (AvgIpc) is 2.83. The number of carbonyl (C=O) groups is 4. The van der Waals surface area contributed by atoms with Gasteiger partial charge >= 0.3 is 11.9 Å². The molecule has 1 unspecified atom stereocenters. The number of carboxylic acid groups (broad SMARTS) is 1. The zero-order valence-corrected chi connectivity index (χ0v) is 15.1. The Kier molecular flexibility index (Phi) is 7.04. The van der Waals surface area contributed by atoms with Crippen LogP contribution >= 0.6 is 11.8 Å². The molecule has 0 spiro atoms. The number of carboxylic acids is 1. The highest BCUT2D eigenvalue weighted by Gasteiger charge is 2.38. The number of amides is 2. The van der Waals surface area contributed by atoms with Gasteiger partial charge in [-0.3, -0.25) is 24.1 Å². The number of hydrogen-bond donors (Lipinski definition) is 1. The molecule has 0 radical (unpaired) electrons. The Labute approximate surface area is 150 Å². The van der Waals surface area contributed by atoms with E-state index in [1.165, 1.54) is 16.7 Å². The largest absolute Gasteiger partial charge is 0.481 e. The van der Waals surface area contributed by atoms with Crippen LogP contribution in [0.4, 0.5) is 0 Å². The third kappa shape index (κ3) is 5.07. The Bertz CT molecular complexity index is 572. The van der Waals surface area contributed by atoms with Gasteiger partial charge in [0.25, 0.3) is 11.8 Å². The minimum absolute atomic E-state index is 0.0129. The second-order valence-electron chi connectivity index (χ2n) is 6.21. The molecule has 0 aromatic rings. The van der Waals surface area contributed by atoms with Crippen molar-refractivity contribution in [3.05, 3.63) is 11.1 Å². The van der Waals surface area contributed by atoms with E-state index in [4.69, 9.17) is 9.84 Å². The van der Waals surface area contributed by atoms with Crippen LogP contribution < -0.4 is 0 Å². The van der Waals surface area contributed by atoms with Crippen molar-refractivity contribution < 1.29 is 29.0 Å². The molecule has 0 saturated carbocycles. The molecule has 1 aliphatic heterocycles. The van der Waals surface area contributed by atoms with Crippen LogP contribution in [0, 0.1) is 5.92 Å². The number of aliphatic carboxylic acids is 1. The van der Waals surface area contributed by atoms with Crippen molar-refractivity contribution in [1.82, 2.24) is 4.90 Å². The molecule has 2 rings (SSSR count). The second-order valence-corrected chi connectivity index (χ2v) is 7.36. The van der Waals surface area contributed by atoms with Gasteiger partial charge in [0.05, 0.1) is 18.9 Å². The van der Waals surface area contributed by atoms with Gasteiger partial charge in [-0.25, -0.2) is 0 Å². The highest BCUT2D eigenvalue weighted by molar-refractivity contribution is 7.99. The summed E-state index contributed by atoms with van der Waals surface area (Å²) < 4.78 is 5.16. The SMILES string of the molecule is CC(CSCCC(=O)O)C(=O)OCCN1C(=O)C2=C(CCCC2)C1=O. The van der Waals surface area contributed by atoms with Crippen LogP contribution in [0.15, 0.2) is 11.1 Å². The molecule has 0 saturated heterocycles. The van der Waals surface area contributed by atoms with Gasteiger partial charge < -0.3 is 9.84 Å². The van der Waals surface area contributed by atoms with E-state index in [0.717, 1.165) is 12.8 Å². The van der Waals surface area contributed by atoms with Gasteiger partial charge in [-0.2, -0.15) is 11.8 Å². The Balaban J connectivity index is 1.70.